The highest BCUT2D eigenvalue weighted by Crippen LogP contribution is 2.28. The first kappa shape index (κ1) is 13.5. The van der Waals surface area contributed by atoms with Crippen LogP contribution >= 0.6 is 0 Å². The quantitative estimate of drug-likeness (QED) is 0.808. The lowest BCUT2D eigenvalue weighted by Crippen LogP contribution is -2.42. The van der Waals surface area contributed by atoms with E-state index in [1.807, 2.05) is 9.47 Å². The van der Waals surface area contributed by atoms with E-state index < -0.39 is 0 Å². The molecule has 1 atom stereocenters. The Morgan fingerprint density at radius 3 is 2.86 bits per heavy atom. The van der Waals surface area contributed by atoms with Gasteiger partial charge in [0.2, 0.25) is 5.82 Å². The average Bonchev–Trinajstić information content (AvgIpc) is 3.12. The molecule has 6 heteroatoms. The molecule has 0 saturated carbocycles. The van der Waals surface area contributed by atoms with E-state index in [0.29, 0.717) is 5.82 Å². The molecule has 6 nitrogen and oxygen atoms in total. The Morgan fingerprint density at radius 1 is 1.14 bits per heavy atom. The molecule has 0 fully saturated rings. The number of rotatable bonds is 1. The van der Waals surface area contributed by atoms with Crippen molar-refractivity contribution < 1.29 is 4.79 Å². The van der Waals surface area contributed by atoms with Crippen molar-refractivity contribution in [2.45, 2.75) is 52.2 Å². The summed E-state index contributed by atoms with van der Waals surface area (Å²) in [7, 11) is 0. The zero-order chi connectivity index (χ0) is 15.3. The molecule has 0 saturated heterocycles. The van der Waals surface area contributed by atoms with Crippen LogP contribution in [0, 0.1) is 6.92 Å². The molecule has 0 N–H and O–H groups in total. The van der Waals surface area contributed by atoms with Gasteiger partial charge >= 0.3 is 0 Å². The molecule has 0 aromatic carbocycles. The maximum Gasteiger partial charge on any atom is 0.292 e. The lowest BCUT2D eigenvalue weighted by molar-refractivity contribution is 0.0623. The van der Waals surface area contributed by atoms with Crippen LogP contribution in [0.5, 0.6) is 0 Å². The number of hydrogen-bond acceptors (Lipinski definition) is 3. The summed E-state index contributed by atoms with van der Waals surface area (Å²) in [5.41, 5.74) is 2.46. The van der Waals surface area contributed by atoms with Gasteiger partial charge in [-0.15, -0.1) is 10.2 Å². The Balaban J connectivity index is 1.65. The summed E-state index contributed by atoms with van der Waals surface area (Å²) >= 11 is 0. The van der Waals surface area contributed by atoms with E-state index in [9.17, 15) is 4.79 Å². The maximum atomic E-state index is 13.0. The fourth-order valence-electron chi connectivity index (χ4n) is 3.69. The fraction of sp³-hybridized carbons (Fsp3) is 0.562. The fourth-order valence-corrected chi connectivity index (χ4v) is 3.69. The predicted octanol–water partition coefficient (Wildman–Crippen LogP) is 1.94. The van der Waals surface area contributed by atoms with Gasteiger partial charge in [-0.3, -0.25) is 4.79 Å². The molecule has 2 aromatic rings. The van der Waals surface area contributed by atoms with Crippen molar-refractivity contribution in [3.05, 3.63) is 35.2 Å². The first-order chi connectivity index (χ1) is 10.7. The average molecular weight is 299 g/mol. The van der Waals surface area contributed by atoms with Gasteiger partial charge in [0, 0.05) is 37.4 Å². The standard InChI is InChI=1S/C16H21N5O/c1-11-6-7-13-12(2)20(10-9-19(11)13)16(22)15-18-17-14-5-3-4-8-21(14)15/h6-7,12H,3-5,8-10H2,1-2H3/t12-/m0/s1. The highest BCUT2D eigenvalue weighted by Gasteiger charge is 2.32. The van der Waals surface area contributed by atoms with E-state index in [1.54, 1.807) is 0 Å². The molecule has 2 aromatic heterocycles. The van der Waals surface area contributed by atoms with Crippen LogP contribution < -0.4 is 0 Å². The molecule has 0 aliphatic carbocycles. The zero-order valence-corrected chi connectivity index (χ0v) is 13.1. The minimum absolute atomic E-state index is 0.0123. The van der Waals surface area contributed by atoms with Gasteiger partial charge in [0.15, 0.2) is 0 Å². The number of nitrogens with zero attached hydrogens (tertiary/aromatic N) is 5. The molecular weight excluding hydrogens is 278 g/mol. The number of amides is 1. The van der Waals surface area contributed by atoms with Gasteiger partial charge in [-0.25, -0.2) is 0 Å². The number of hydrogen-bond donors (Lipinski definition) is 0. The van der Waals surface area contributed by atoms with E-state index in [-0.39, 0.29) is 11.9 Å². The van der Waals surface area contributed by atoms with Crippen LogP contribution in [0.15, 0.2) is 12.1 Å². The summed E-state index contributed by atoms with van der Waals surface area (Å²) in [6.07, 6.45) is 3.17. The molecule has 0 bridgehead atoms. The van der Waals surface area contributed by atoms with Gasteiger partial charge in [-0.1, -0.05) is 0 Å². The smallest absolute Gasteiger partial charge is 0.292 e. The Bertz CT molecular complexity index is 729. The van der Waals surface area contributed by atoms with E-state index in [1.165, 1.54) is 11.4 Å². The number of aromatic nitrogens is 4. The van der Waals surface area contributed by atoms with Crippen LogP contribution in [0.4, 0.5) is 0 Å². The van der Waals surface area contributed by atoms with Gasteiger partial charge in [0.05, 0.1) is 6.04 Å². The first-order valence-electron chi connectivity index (χ1n) is 8.06. The summed E-state index contributed by atoms with van der Waals surface area (Å²) in [6, 6.07) is 4.32. The van der Waals surface area contributed by atoms with Crippen molar-refractivity contribution in [3.8, 4) is 0 Å². The molecule has 116 valence electrons. The summed E-state index contributed by atoms with van der Waals surface area (Å²) in [5, 5.41) is 8.39. The third-order valence-electron chi connectivity index (χ3n) is 5.00. The van der Waals surface area contributed by atoms with Crippen LogP contribution in [0.25, 0.3) is 0 Å². The monoisotopic (exact) mass is 299 g/mol. The van der Waals surface area contributed by atoms with Crippen LogP contribution in [0.1, 0.15) is 53.6 Å². The van der Waals surface area contributed by atoms with E-state index in [2.05, 4.69) is 40.7 Å². The zero-order valence-electron chi connectivity index (χ0n) is 13.1. The van der Waals surface area contributed by atoms with Crippen molar-refractivity contribution in [2.75, 3.05) is 6.54 Å². The topological polar surface area (TPSA) is 56.0 Å². The van der Waals surface area contributed by atoms with Crippen LogP contribution in [0.3, 0.4) is 0 Å². The number of carbonyl (C=O) groups is 1. The highest BCUT2D eigenvalue weighted by molar-refractivity contribution is 5.91. The molecule has 0 unspecified atom stereocenters. The van der Waals surface area contributed by atoms with Gasteiger partial charge in [0.25, 0.3) is 5.91 Å². The third kappa shape index (κ3) is 1.90. The summed E-state index contributed by atoms with van der Waals surface area (Å²) in [6.45, 7) is 6.65. The van der Waals surface area contributed by atoms with Crippen molar-refractivity contribution in [3.63, 3.8) is 0 Å². The number of fused-ring (bicyclic) bond motifs is 2. The van der Waals surface area contributed by atoms with Gasteiger partial charge in [-0.2, -0.15) is 0 Å². The molecule has 2 aliphatic rings. The van der Waals surface area contributed by atoms with Crippen molar-refractivity contribution in [2.24, 2.45) is 0 Å². The van der Waals surface area contributed by atoms with Gasteiger partial charge in [-0.05, 0) is 38.8 Å². The van der Waals surface area contributed by atoms with E-state index in [0.717, 1.165) is 44.7 Å². The molecular formula is C16H21N5O. The third-order valence-corrected chi connectivity index (χ3v) is 5.00. The first-order valence-corrected chi connectivity index (χ1v) is 8.06. The lowest BCUT2D eigenvalue weighted by Gasteiger charge is -2.35. The Morgan fingerprint density at radius 2 is 2.00 bits per heavy atom. The maximum absolute atomic E-state index is 13.0. The summed E-state index contributed by atoms with van der Waals surface area (Å²) in [4.78, 5) is 14.9. The van der Waals surface area contributed by atoms with Crippen molar-refractivity contribution >= 4 is 5.91 Å². The van der Waals surface area contributed by atoms with Crippen molar-refractivity contribution in [1.82, 2.24) is 24.2 Å². The van der Waals surface area contributed by atoms with Crippen LogP contribution in [-0.2, 0) is 19.5 Å². The normalized spacial score (nSPS) is 20.6. The molecule has 2 aliphatic heterocycles. The van der Waals surface area contributed by atoms with Crippen molar-refractivity contribution in [1.29, 1.82) is 0 Å². The predicted molar refractivity (Wildman–Crippen MR) is 81.6 cm³/mol. The SMILES string of the molecule is Cc1ccc2n1CCN(C(=O)c1nnc3n1CCCC3)[C@H]2C. The van der Waals surface area contributed by atoms with E-state index >= 15 is 0 Å². The second-order valence-electron chi connectivity index (χ2n) is 6.27. The molecule has 4 rings (SSSR count). The second kappa shape index (κ2) is 4.97. The van der Waals surface area contributed by atoms with Crippen LogP contribution in [0.2, 0.25) is 0 Å². The molecule has 4 heterocycles. The Hall–Kier alpha value is -2.11. The minimum Gasteiger partial charge on any atom is -0.345 e. The Kier molecular flexibility index (Phi) is 3.06. The summed E-state index contributed by atoms with van der Waals surface area (Å²) in [5.74, 6) is 1.48. The molecule has 0 radical (unpaired) electrons. The number of aryl methyl sites for hydroxylation is 2. The second-order valence-corrected chi connectivity index (χ2v) is 6.27. The summed E-state index contributed by atoms with van der Waals surface area (Å²) < 4.78 is 4.31. The van der Waals surface area contributed by atoms with Crippen LogP contribution in [-0.4, -0.2) is 36.7 Å². The molecule has 0 spiro atoms. The molecule has 1 amide bonds. The largest absolute Gasteiger partial charge is 0.345 e. The van der Waals surface area contributed by atoms with Gasteiger partial charge in [0.1, 0.15) is 5.82 Å². The van der Waals surface area contributed by atoms with Gasteiger partial charge < -0.3 is 14.0 Å². The minimum atomic E-state index is 0.0123. The number of carbonyl (C=O) groups excluding carboxylic acids is 1. The highest BCUT2D eigenvalue weighted by atomic mass is 16.2. The Labute approximate surface area is 129 Å². The molecule has 22 heavy (non-hydrogen) atoms. The van der Waals surface area contributed by atoms with E-state index in [4.69, 9.17) is 0 Å². The lowest BCUT2D eigenvalue weighted by atomic mass is 10.1.